The number of anilines is 1. The lowest BCUT2D eigenvalue weighted by atomic mass is 10.2. The van der Waals surface area contributed by atoms with Crippen molar-refractivity contribution in [2.24, 2.45) is 0 Å². The Bertz CT molecular complexity index is 835. The van der Waals surface area contributed by atoms with Gasteiger partial charge in [0.15, 0.2) is 0 Å². The number of hydrogen-bond acceptors (Lipinski definition) is 1. The highest BCUT2D eigenvalue weighted by Gasteiger charge is 2.08. The summed E-state index contributed by atoms with van der Waals surface area (Å²) in [5, 5.41) is 4.91. The highest BCUT2D eigenvalue weighted by Crippen LogP contribution is 2.23. The molecule has 0 atom stereocenters. The van der Waals surface area contributed by atoms with Gasteiger partial charge in [-0.25, -0.2) is 0 Å². The van der Waals surface area contributed by atoms with Crippen LogP contribution < -0.4 is 5.32 Å². The molecule has 0 radical (unpaired) electrons. The summed E-state index contributed by atoms with van der Waals surface area (Å²) >= 11 is 11.9. The van der Waals surface area contributed by atoms with Crippen molar-refractivity contribution in [2.75, 3.05) is 5.32 Å². The number of benzene rings is 2. The third-order valence-electron chi connectivity index (χ3n) is 3.39. The van der Waals surface area contributed by atoms with Crippen molar-refractivity contribution in [3.63, 3.8) is 0 Å². The molecule has 1 amide bonds. The van der Waals surface area contributed by atoms with E-state index in [0.29, 0.717) is 15.7 Å². The standard InChI is InChI=1S/C17H14Cl2N2O/c1-11-2-3-16-12(6-11)4-5-21(16)10-17(22)20-15-8-13(18)7-14(19)9-15/h2-9H,10H2,1H3,(H,20,22). The molecule has 1 heterocycles. The van der Waals surface area contributed by atoms with E-state index >= 15 is 0 Å². The van der Waals surface area contributed by atoms with Crippen LogP contribution in [0.1, 0.15) is 5.56 Å². The van der Waals surface area contributed by atoms with Crippen LogP contribution in [-0.4, -0.2) is 10.5 Å². The first kappa shape index (κ1) is 14.9. The molecule has 0 spiro atoms. The van der Waals surface area contributed by atoms with Gasteiger partial charge in [0.05, 0.1) is 0 Å². The number of hydrogen-bond donors (Lipinski definition) is 1. The van der Waals surface area contributed by atoms with Crippen LogP contribution in [0.2, 0.25) is 10.0 Å². The summed E-state index contributed by atoms with van der Waals surface area (Å²) in [5.41, 5.74) is 2.82. The van der Waals surface area contributed by atoms with Gasteiger partial charge in [-0.05, 0) is 48.7 Å². The van der Waals surface area contributed by atoms with Crippen LogP contribution in [0.5, 0.6) is 0 Å². The average molecular weight is 333 g/mol. The van der Waals surface area contributed by atoms with Gasteiger partial charge >= 0.3 is 0 Å². The first-order valence-electron chi connectivity index (χ1n) is 6.83. The lowest BCUT2D eigenvalue weighted by Crippen LogP contribution is -2.18. The molecule has 0 unspecified atom stereocenters. The highest BCUT2D eigenvalue weighted by atomic mass is 35.5. The number of aryl methyl sites for hydroxylation is 1. The zero-order valence-electron chi connectivity index (χ0n) is 11.9. The van der Waals surface area contributed by atoms with Gasteiger partial charge in [0.1, 0.15) is 6.54 Å². The summed E-state index contributed by atoms with van der Waals surface area (Å²) in [4.78, 5) is 12.2. The van der Waals surface area contributed by atoms with E-state index in [2.05, 4.69) is 11.4 Å². The number of aromatic nitrogens is 1. The first-order chi connectivity index (χ1) is 10.5. The molecular formula is C17H14Cl2N2O. The normalized spacial score (nSPS) is 10.9. The maximum absolute atomic E-state index is 12.2. The molecule has 0 aliphatic carbocycles. The van der Waals surface area contributed by atoms with E-state index in [9.17, 15) is 4.79 Å². The maximum atomic E-state index is 12.2. The van der Waals surface area contributed by atoms with Crippen LogP contribution >= 0.6 is 23.2 Å². The predicted molar refractivity (Wildman–Crippen MR) is 91.8 cm³/mol. The number of amides is 1. The van der Waals surface area contributed by atoms with Crippen LogP contribution in [0.15, 0.2) is 48.7 Å². The van der Waals surface area contributed by atoms with Gasteiger partial charge in [-0.3, -0.25) is 4.79 Å². The summed E-state index contributed by atoms with van der Waals surface area (Å²) in [5.74, 6) is -0.128. The molecule has 5 heteroatoms. The number of carbonyl (C=O) groups is 1. The number of rotatable bonds is 3. The van der Waals surface area contributed by atoms with E-state index in [1.165, 1.54) is 5.56 Å². The second-order valence-electron chi connectivity index (χ2n) is 5.21. The Morgan fingerprint density at radius 3 is 2.55 bits per heavy atom. The summed E-state index contributed by atoms with van der Waals surface area (Å²) in [7, 11) is 0. The molecule has 112 valence electrons. The van der Waals surface area contributed by atoms with Crippen molar-refractivity contribution >= 4 is 45.7 Å². The Labute approximate surface area is 138 Å². The molecule has 3 aromatic rings. The monoisotopic (exact) mass is 332 g/mol. The van der Waals surface area contributed by atoms with Crippen LogP contribution in [-0.2, 0) is 11.3 Å². The average Bonchev–Trinajstić information content (AvgIpc) is 2.79. The highest BCUT2D eigenvalue weighted by molar-refractivity contribution is 6.35. The Hall–Kier alpha value is -1.97. The molecule has 0 fully saturated rings. The van der Waals surface area contributed by atoms with E-state index in [1.54, 1.807) is 18.2 Å². The summed E-state index contributed by atoms with van der Waals surface area (Å²) in [6.07, 6.45) is 1.91. The van der Waals surface area contributed by atoms with Gasteiger partial charge in [0.25, 0.3) is 0 Å². The molecule has 1 N–H and O–H groups in total. The zero-order valence-corrected chi connectivity index (χ0v) is 13.4. The van der Waals surface area contributed by atoms with Crippen molar-refractivity contribution in [2.45, 2.75) is 13.5 Å². The Morgan fingerprint density at radius 1 is 1.09 bits per heavy atom. The van der Waals surface area contributed by atoms with Crippen molar-refractivity contribution in [1.82, 2.24) is 4.57 Å². The molecule has 3 nitrogen and oxygen atoms in total. The van der Waals surface area contributed by atoms with E-state index < -0.39 is 0 Å². The minimum absolute atomic E-state index is 0.128. The number of fused-ring (bicyclic) bond motifs is 1. The van der Waals surface area contributed by atoms with Gasteiger partial charge in [0, 0.05) is 27.4 Å². The fourth-order valence-electron chi connectivity index (χ4n) is 2.44. The lowest BCUT2D eigenvalue weighted by molar-refractivity contribution is -0.116. The predicted octanol–water partition coefficient (Wildman–Crippen LogP) is 4.90. The lowest BCUT2D eigenvalue weighted by Gasteiger charge is -2.08. The fourth-order valence-corrected chi connectivity index (χ4v) is 2.96. The van der Waals surface area contributed by atoms with Crippen LogP contribution in [0.3, 0.4) is 0 Å². The quantitative estimate of drug-likeness (QED) is 0.727. The number of nitrogens with one attached hydrogen (secondary N) is 1. The molecular weight excluding hydrogens is 319 g/mol. The maximum Gasteiger partial charge on any atom is 0.244 e. The summed E-state index contributed by atoms with van der Waals surface area (Å²) in [6, 6.07) is 13.1. The van der Waals surface area contributed by atoms with Crippen molar-refractivity contribution in [1.29, 1.82) is 0 Å². The van der Waals surface area contributed by atoms with Crippen LogP contribution in [0.4, 0.5) is 5.69 Å². The third-order valence-corrected chi connectivity index (χ3v) is 3.82. The minimum Gasteiger partial charge on any atom is -0.338 e. The molecule has 0 aliphatic rings. The second-order valence-corrected chi connectivity index (χ2v) is 6.09. The molecule has 0 bridgehead atoms. The van der Waals surface area contributed by atoms with E-state index in [-0.39, 0.29) is 12.5 Å². The van der Waals surface area contributed by atoms with Gasteiger partial charge in [-0.1, -0.05) is 34.8 Å². The van der Waals surface area contributed by atoms with Crippen molar-refractivity contribution in [3.8, 4) is 0 Å². The van der Waals surface area contributed by atoms with E-state index in [4.69, 9.17) is 23.2 Å². The molecule has 0 saturated carbocycles. The molecule has 1 aromatic heterocycles. The molecule has 0 aliphatic heterocycles. The number of carbonyl (C=O) groups excluding carboxylic acids is 1. The Balaban J connectivity index is 1.78. The smallest absolute Gasteiger partial charge is 0.244 e. The first-order valence-corrected chi connectivity index (χ1v) is 7.58. The van der Waals surface area contributed by atoms with E-state index in [1.807, 2.05) is 35.9 Å². The van der Waals surface area contributed by atoms with Gasteiger partial charge in [0.2, 0.25) is 5.91 Å². The molecule has 2 aromatic carbocycles. The molecule has 22 heavy (non-hydrogen) atoms. The minimum atomic E-state index is -0.128. The van der Waals surface area contributed by atoms with Crippen molar-refractivity contribution in [3.05, 3.63) is 64.3 Å². The molecule has 0 saturated heterocycles. The van der Waals surface area contributed by atoms with Gasteiger partial charge in [-0.15, -0.1) is 0 Å². The number of halogens is 2. The fraction of sp³-hybridized carbons (Fsp3) is 0.118. The van der Waals surface area contributed by atoms with Crippen LogP contribution in [0.25, 0.3) is 10.9 Å². The van der Waals surface area contributed by atoms with Crippen LogP contribution in [0, 0.1) is 6.92 Å². The summed E-state index contributed by atoms with van der Waals surface area (Å²) in [6.45, 7) is 2.28. The molecule has 3 rings (SSSR count). The third kappa shape index (κ3) is 3.26. The van der Waals surface area contributed by atoms with Gasteiger partial charge < -0.3 is 9.88 Å². The second kappa shape index (κ2) is 6.03. The SMILES string of the molecule is Cc1ccc2c(ccn2CC(=O)Nc2cc(Cl)cc(Cl)c2)c1. The van der Waals surface area contributed by atoms with Gasteiger partial charge in [-0.2, -0.15) is 0 Å². The number of nitrogens with zero attached hydrogens (tertiary/aromatic N) is 1. The van der Waals surface area contributed by atoms with E-state index in [0.717, 1.165) is 10.9 Å². The van der Waals surface area contributed by atoms with Crippen molar-refractivity contribution < 1.29 is 4.79 Å². The zero-order chi connectivity index (χ0) is 15.7. The summed E-state index contributed by atoms with van der Waals surface area (Å²) < 4.78 is 1.91. The Morgan fingerprint density at radius 2 is 1.82 bits per heavy atom. The largest absolute Gasteiger partial charge is 0.338 e. The topological polar surface area (TPSA) is 34.0 Å². The Kier molecular flexibility index (Phi) is 4.10.